The molecule has 2 aromatic rings. The minimum atomic E-state index is 0.184. The van der Waals surface area contributed by atoms with Gasteiger partial charge in [-0.15, -0.1) is 0 Å². The highest BCUT2D eigenvalue weighted by Gasteiger charge is 2.29. The minimum absolute atomic E-state index is 0.184. The molecule has 3 heterocycles. The fourth-order valence-electron chi connectivity index (χ4n) is 3.92. The Morgan fingerprint density at radius 2 is 1.96 bits per heavy atom. The van der Waals surface area contributed by atoms with Crippen molar-refractivity contribution in [1.29, 1.82) is 0 Å². The number of rotatable bonds is 4. The Labute approximate surface area is 159 Å². The molecule has 0 bridgehead atoms. The van der Waals surface area contributed by atoms with E-state index in [0.717, 1.165) is 56.7 Å². The second-order valence-corrected chi connectivity index (χ2v) is 7.24. The number of aromatic nitrogens is 3. The summed E-state index contributed by atoms with van der Waals surface area (Å²) < 4.78 is 0. The van der Waals surface area contributed by atoms with Crippen molar-refractivity contribution in [2.75, 3.05) is 18.4 Å². The number of anilines is 2. The molecular formula is C21H25N5O. The van der Waals surface area contributed by atoms with Crippen molar-refractivity contribution in [3.05, 3.63) is 54.6 Å². The monoisotopic (exact) mass is 363 g/mol. The molecule has 1 aliphatic carbocycles. The normalized spacial score (nSPS) is 20.4. The van der Waals surface area contributed by atoms with Crippen LogP contribution in [0.1, 0.15) is 43.7 Å². The maximum atomic E-state index is 12.7. The average Bonchev–Trinajstić information content (AvgIpc) is 2.75. The van der Waals surface area contributed by atoms with Crippen molar-refractivity contribution in [1.82, 2.24) is 19.9 Å². The molecule has 27 heavy (non-hydrogen) atoms. The van der Waals surface area contributed by atoms with Gasteiger partial charge in [0.15, 0.2) is 0 Å². The molecule has 1 amide bonds. The van der Waals surface area contributed by atoms with Crippen molar-refractivity contribution in [3.8, 4) is 0 Å². The number of carbonyl (C=O) groups is 1. The van der Waals surface area contributed by atoms with E-state index in [-0.39, 0.29) is 5.92 Å². The van der Waals surface area contributed by atoms with Gasteiger partial charge in [-0.1, -0.05) is 18.2 Å². The van der Waals surface area contributed by atoms with Gasteiger partial charge in [0.2, 0.25) is 5.91 Å². The van der Waals surface area contributed by atoms with Gasteiger partial charge in [-0.2, -0.15) is 0 Å². The van der Waals surface area contributed by atoms with E-state index in [1.165, 1.54) is 0 Å². The molecule has 0 aromatic carbocycles. The largest absolute Gasteiger partial charge is 0.342 e. The zero-order valence-electron chi connectivity index (χ0n) is 15.4. The smallest absolute Gasteiger partial charge is 0.226 e. The number of hydrogen-bond donors (Lipinski definition) is 1. The van der Waals surface area contributed by atoms with Crippen molar-refractivity contribution < 1.29 is 4.79 Å². The van der Waals surface area contributed by atoms with Crippen LogP contribution in [0.15, 0.2) is 48.9 Å². The number of piperidine rings is 1. The Kier molecular flexibility index (Phi) is 5.42. The average molecular weight is 363 g/mol. The van der Waals surface area contributed by atoms with Gasteiger partial charge in [0.25, 0.3) is 0 Å². The lowest BCUT2D eigenvalue weighted by molar-refractivity contribution is -0.136. The van der Waals surface area contributed by atoms with Crippen LogP contribution >= 0.6 is 0 Å². The fraction of sp³-hybridized carbons (Fsp3) is 0.429. The van der Waals surface area contributed by atoms with Crippen LogP contribution in [0.2, 0.25) is 0 Å². The van der Waals surface area contributed by atoms with Crippen LogP contribution in [0.5, 0.6) is 0 Å². The fourth-order valence-corrected chi connectivity index (χ4v) is 3.92. The first-order valence-corrected chi connectivity index (χ1v) is 9.73. The molecule has 0 spiro atoms. The third kappa shape index (κ3) is 4.32. The Balaban J connectivity index is 1.36. The number of amides is 1. The maximum absolute atomic E-state index is 12.7. The summed E-state index contributed by atoms with van der Waals surface area (Å²) in [4.78, 5) is 27.8. The maximum Gasteiger partial charge on any atom is 0.226 e. The van der Waals surface area contributed by atoms with Gasteiger partial charge in [-0.3, -0.25) is 9.78 Å². The summed E-state index contributed by atoms with van der Waals surface area (Å²) in [7, 11) is 0. The van der Waals surface area contributed by atoms with Gasteiger partial charge in [0.1, 0.15) is 11.6 Å². The van der Waals surface area contributed by atoms with Crippen LogP contribution in [-0.4, -0.2) is 38.8 Å². The van der Waals surface area contributed by atoms with Crippen LogP contribution in [0, 0.1) is 5.92 Å². The topological polar surface area (TPSA) is 71.0 Å². The molecular weight excluding hydrogens is 338 g/mol. The van der Waals surface area contributed by atoms with Crippen molar-refractivity contribution in [3.63, 3.8) is 0 Å². The molecule has 1 atom stereocenters. The van der Waals surface area contributed by atoms with Gasteiger partial charge in [0, 0.05) is 43.0 Å². The van der Waals surface area contributed by atoms with E-state index in [1.54, 1.807) is 18.6 Å². The molecule has 0 saturated carbocycles. The molecule has 1 saturated heterocycles. The van der Waals surface area contributed by atoms with Crippen molar-refractivity contribution in [2.24, 2.45) is 5.92 Å². The van der Waals surface area contributed by atoms with E-state index < -0.39 is 0 Å². The molecule has 140 valence electrons. The second-order valence-electron chi connectivity index (χ2n) is 7.24. The van der Waals surface area contributed by atoms with E-state index >= 15 is 0 Å². The predicted molar refractivity (Wildman–Crippen MR) is 105 cm³/mol. The highest BCUT2D eigenvalue weighted by Crippen LogP contribution is 2.30. The highest BCUT2D eigenvalue weighted by atomic mass is 16.2. The summed E-state index contributed by atoms with van der Waals surface area (Å²) in [6.45, 7) is 1.65. The van der Waals surface area contributed by atoms with E-state index in [1.807, 2.05) is 12.1 Å². The van der Waals surface area contributed by atoms with Gasteiger partial charge in [-0.05, 0) is 44.2 Å². The zero-order valence-corrected chi connectivity index (χ0v) is 15.4. The molecule has 1 unspecified atom stereocenters. The SMILES string of the molecule is O=C(C1CC=CCC1)N1CCC(c2cccc(Nc3cnccn3)n2)CC1. The quantitative estimate of drug-likeness (QED) is 0.839. The summed E-state index contributed by atoms with van der Waals surface area (Å²) in [6, 6.07) is 6.04. The molecule has 1 N–H and O–H groups in total. The molecule has 1 fully saturated rings. The van der Waals surface area contributed by atoms with Crippen LogP contribution < -0.4 is 5.32 Å². The molecule has 2 aliphatic rings. The summed E-state index contributed by atoms with van der Waals surface area (Å²) >= 11 is 0. The summed E-state index contributed by atoms with van der Waals surface area (Å²) in [6.07, 6.45) is 14.2. The number of hydrogen-bond acceptors (Lipinski definition) is 5. The van der Waals surface area contributed by atoms with Crippen LogP contribution in [-0.2, 0) is 4.79 Å². The van der Waals surface area contributed by atoms with E-state index in [2.05, 4.69) is 38.4 Å². The summed E-state index contributed by atoms with van der Waals surface area (Å²) in [5.74, 6) is 2.38. The summed E-state index contributed by atoms with van der Waals surface area (Å²) in [5.41, 5.74) is 1.08. The number of allylic oxidation sites excluding steroid dienone is 2. The van der Waals surface area contributed by atoms with Crippen molar-refractivity contribution >= 4 is 17.5 Å². The molecule has 2 aromatic heterocycles. The molecule has 0 radical (unpaired) electrons. The number of nitrogens with zero attached hydrogens (tertiary/aromatic N) is 4. The number of pyridine rings is 1. The van der Waals surface area contributed by atoms with E-state index in [9.17, 15) is 4.79 Å². The van der Waals surface area contributed by atoms with Crippen LogP contribution in [0.4, 0.5) is 11.6 Å². The first-order valence-electron chi connectivity index (χ1n) is 9.73. The van der Waals surface area contributed by atoms with Crippen molar-refractivity contribution in [2.45, 2.75) is 38.0 Å². The van der Waals surface area contributed by atoms with E-state index in [0.29, 0.717) is 17.6 Å². The Morgan fingerprint density at radius 3 is 2.70 bits per heavy atom. The zero-order chi connectivity index (χ0) is 18.5. The van der Waals surface area contributed by atoms with Gasteiger partial charge in [0.05, 0.1) is 6.20 Å². The lowest BCUT2D eigenvalue weighted by Gasteiger charge is -2.34. The third-order valence-corrected chi connectivity index (χ3v) is 5.43. The van der Waals surface area contributed by atoms with E-state index in [4.69, 9.17) is 4.98 Å². The Morgan fingerprint density at radius 1 is 1.07 bits per heavy atom. The first-order chi connectivity index (χ1) is 13.3. The number of nitrogens with one attached hydrogen (secondary N) is 1. The third-order valence-electron chi connectivity index (χ3n) is 5.43. The number of carbonyl (C=O) groups excluding carboxylic acids is 1. The lowest BCUT2D eigenvalue weighted by atomic mass is 9.89. The Bertz CT molecular complexity index is 799. The first kappa shape index (κ1) is 17.6. The number of likely N-dealkylation sites (tertiary alicyclic amines) is 1. The minimum Gasteiger partial charge on any atom is -0.342 e. The molecule has 6 heteroatoms. The lowest BCUT2D eigenvalue weighted by Crippen LogP contribution is -2.41. The predicted octanol–water partition coefficient (Wildman–Crippen LogP) is 3.68. The van der Waals surface area contributed by atoms with Gasteiger partial charge in [-0.25, -0.2) is 9.97 Å². The standard InChI is InChI=1S/C21H25N5O/c27-21(17-5-2-1-3-6-17)26-13-9-16(10-14-26)18-7-4-8-19(24-18)25-20-15-22-11-12-23-20/h1-2,4,7-8,11-12,15-17H,3,5-6,9-10,13-14H2,(H,23,24,25). The molecule has 6 nitrogen and oxygen atoms in total. The van der Waals surface area contributed by atoms with Crippen LogP contribution in [0.3, 0.4) is 0 Å². The second kappa shape index (κ2) is 8.29. The molecule has 4 rings (SSSR count). The van der Waals surface area contributed by atoms with Gasteiger partial charge < -0.3 is 10.2 Å². The van der Waals surface area contributed by atoms with Gasteiger partial charge >= 0.3 is 0 Å². The van der Waals surface area contributed by atoms with Crippen LogP contribution in [0.25, 0.3) is 0 Å². The molecule has 1 aliphatic heterocycles. The highest BCUT2D eigenvalue weighted by molar-refractivity contribution is 5.79. The summed E-state index contributed by atoms with van der Waals surface area (Å²) in [5, 5.41) is 3.20. The Hall–Kier alpha value is -2.76.